The van der Waals surface area contributed by atoms with Crippen LogP contribution in [-0.4, -0.2) is 51.4 Å². The molecule has 3 aromatic rings. The minimum absolute atomic E-state index is 0.0826. The van der Waals surface area contributed by atoms with Crippen molar-refractivity contribution in [3.8, 4) is 0 Å². The van der Waals surface area contributed by atoms with Crippen LogP contribution in [0.15, 0.2) is 79.1 Å². The lowest BCUT2D eigenvalue weighted by atomic mass is 10.1. The zero-order valence-corrected chi connectivity index (χ0v) is 20.4. The first-order chi connectivity index (χ1) is 18.7. The van der Waals surface area contributed by atoms with Gasteiger partial charge in [0, 0.05) is 42.1 Å². The van der Waals surface area contributed by atoms with E-state index in [-0.39, 0.29) is 5.91 Å². The second-order valence-electron chi connectivity index (χ2n) is 8.24. The van der Waals surface area contributed by atoms with Crippen molar-refractivity contribution in [3.63, 3.8) is 0 Å². The van der Waals surface area contributed by atoms with Crippen LogP contribution < -0.4 is 10.6 Å². The van der Waals surface area contributed by atoms with E-state index in [9.17, 15) is 31.1 Å². The van der Waals surface area contributed by atoms with Crippen LogP contribution in [0.25, 0.3) is 0 Å². The number of rotatable bonds is 6. The second-order valence-corrected chi connectivity index (χ2v) is 8.24. The zero-order valence-electron chi connectivity index (χ0n) is 20.4. The van der Waals surface area contributed by atoms with Crippen LogP contribution in [0, 0.1) is 0 Å². The van der Waals surface area contributed by atoms with Gasteiger partial charge in [0.05, 0.1) is 0 Å². The van der Waals surface area contributed by atoms with Crippen molar-refractivity contribution in [1.29, 1.82) is 0 Å². The van der Waals surface area contributed by atoms with Crippen LogP contribution in [0.4, 0.5) is 32.0 Å². The average Bonchev–Trinajstić information content (AvgIpc) is 3.68. The highest BCUT2D eigenvalue weighted by Gasteiger charge is 2.39. The summed E-state index contributed by atoms with van der Waals surface area (Å²) in [4.78, 5) is 34.1. The first-order valence-corrected chi connectivity index (χ1v) is 11.4. The molecule has 2 unspecified atom stereocenters. The van der Waals surface area contributed by atoms with Gasteiger partial charge in [0.2, 0.25) is 0 Å². The first-order valence-electron chi connectivity index (χ1n) is 11.4. The number of halogens is 6. The number of pyridine rings is 1. The average molecular weight is 571 g/mol. The minimum atomic E-state index is -5.08. The van der Waals surface area contributed by atoms with Gasteiger partial charge in [0.1, 0.15) is 0 Å². The quantitative estimate of drug-likeness (QED) is 0.298. The van der Waals surface area contributed by atoms with E-state index in [1.165, 1.54) is 11.1 Å². The van der Waals surface area contributed by atoms with Gasteiger partial charge in [-0.3, -0.25) is 9.78 Å². The Morgan fingerprint density at radius 2 is 1.38 bits per heavy atom. The molecule has 4 rings (SSSR count). The number of carboxylic acids is 2. The topological polar surface area (TPSA) is 129 Å². The highest BCUT2D eigenvalue weighted by Crippen LogP contribution is 2.41. The van der Waals surface area contributed by atoms with Crippen LogP contribution in [0.2, 0.25) is 0 Å². The van der Waals surface area contributed by atoms with Crippen molar-refractivity contribution in [2.75, 3.05) is 5.32 Å². The van der Waals surface area contributed by atoms with Crippen LogP contribution in [0.1, 0.15) is 33.8 Å². The third-order valence-electron chi connectivity index (χ3n) is 5.20. The first kappa shape index (κ1) is 31.8. The number of hydrogen-bond acceptors (Lipinski definition) is 5. The maximum atomic E-state index is 12.2. The van der Waals surface area contributed by atoms with Gasteiger partial charge in [-0.2, -0.15) is 26.3 Å². The summed E-state index contributed by atoms with van der Waals surface area (Å²) in [5.74, 6) is -5.05. The number of carboxylic acid groups (broad SMARTS) is 2. The summed E-state index contributed by atoms with van der Waals surface area (Å²) >= 11 is 0. The molecular formula is C26H23F6N3O5. The van der Waals surface area contributed by atoms with E-state index < -0.39 is 24.3 Å². The van der Waals surface area contributed by atoms with Gasteiger partial charge in [-0.15, -0.1) is 0 Å². The van der Waals surface area contributed by atoms with E-state index in [4.69, 9.17) is 19.8 Å². The summed E-state index contributed by atoms with van der Waals surface area (Å²) < 4.78 is 63.5. The summed E-state index contributed by atoms with van der Waals surface area (Å²) in [5, 5.41) is 20.8. The molecule has 1 aliphatic carbocycles. The molecule has 1 amide bonds. The van der Waals surface area contributed by atoms with Crippen molar-refractivity contribution in [2.45, 2.75) is 37.3 Å². The largest absolute Gasteiger partial charge is 0.490 e. The minimum Gasteiger partial charge on any atom is -0.475 e. The number of aliphatic carboxylic acids is 2. The Morgan fingerprint density at radius 3 is 1.85 bits per heavy atom. The molecule has 2 atom stereocenters. The maximum absolute atomic E-state index is 12.2. The molecule has 0 saturated heterocycles. The number of carbonyl (C=O) groups excluding carboxylic acids is 1. The Hall–Kier alpha value is -4.46. The molecule has 0 bridgehead atoms. The smallest absolute Gasteiger partial charge is 0.475 e. The van der Waals surface area contributed by atoms with E-state index >= 15 is 0 Å². The van der Waals surface area contributed by atoms with Crippen molar-refractivity contribution >= 4 is 23.5 Å². The molecule has 0 spiro atoms. The molecule has 214 valence electrons. The summed E-state index contributed by atoms with van der Waals surface area (Å²) in [6.07, 6.45) is -5.33. The number of hydrogen-bond donors (Lipinski definition) is 4. The molecular weight excluding hydrogens is 548 g/mol. The number of anilines is 1. The van der Waals surface area contributed by atoms with Crippen LogP contribution in [0.5, 0.6) is 0 Å². The molecule has 8 nitrogen and oxygen atoms in total. The van der Waals surface area contributed by atoms with Gasteiger partial charge >= 0.3 is 24.3 Å². The molecule has 1 aromatic heterocycles. The number of alkyl halides is 6. The molecule has 14 heteroatoms. The predicted molar refractivity (Wildman–Crippen MR) is 130 cm³/mol. The Morgan fingerprint density at radius 1 is 0.825 bits per heavy atom. The van der Waals surface area contributed by atoms with Gasteiger partial charge < -0.3 is 20.8 Å². The number of aromatic nitrogens is 1. The third-order valence-corrected chi connectivity index (χ3v) is 5.20. The molecule has 40 heavy (non-hydrogen) atoms. The fourth-order valence-electron chi connectivity index (χ4n) is 3.15. The lowest BCUT2D eigenvalue weighted by Crippen LogP contribution is -2.21. The summed E-state index contributed by atoms with van der Waals surface area (Å²) in [5.41, 5.74) is 4.00. The molecule has 4 N–H and O–H groups in total. The van der Waals surface area contributed by atoms with Gasteiger partial charge in [0.25, 0.3) is 5.91 Å². The van der Waals surface area contributed by atoms with Crippen LogP contribution in [-0.2, 0) is 16.1 Å². The summed E-state index contributed by atoms with van der Waals surface area (Å²) in [6, 6.07) is 22.0. The van der Waals surface area contributed by atoms with Gasteiger partial charge in [0.15, 0.2) is 0 Å². The number of nitrogens with zero attached hydrogens (tertiary/aromatic N) is 1. The standard InChI is InChI=1S/C22H21N3O.2C2HF3O2/c26-22(18-6-2-1-3-7-18)25-19-10-8-17(9-11-19)20-13-21(20)24-15-16-5-4-12-23-14-16;2*3-2(4,5)1(6)7/h1-12,14,20-21,24H,13,15H2,(H,25,26);2*(H,6,7). The molecule has 0 aliphatic heterocycles. The van der Waals surface area contributed by atoms with Crippen molar-refractivity contribution in [2.24, 2.45) is 0 Å². The number of carbonyl (C=O) groups is 3. The SMILES string of the molecule is O=C(Nc1ccc(C2CC2NCc2cccnc2)cc1)c1ccccc1.O=C(O)C(F)(F)F.O=C(O)C(F)(F)F. The van der Waals surface area contributed by atoms with Crippen molar-refractivity contribution in [1.82, 2.24) is 10.3 Å². The fraction of sp³-hybridized carbons (Fsp3) is 0.231. The van der Waals surface area contributed by atoms with Crippen molar-refractivity contribution in [3.05, 3.63) is 95.8 Å². The Balaban J connectivity index is 0.000000333. The van der Waals surface area contributed by atoms with Crippen LogP contribution >= 0.6 is 0 Å². The fourth-order valence-corrected chi connectivity index (χ4v) is 3.15. The normalized spacial score (nSPS) is 15.8. The highest BCUT2D eigenvalue weighted by atomic mass is 19.4. The molecule has 1 aliphatic rings. The van der Waals surface area contributed by atoms with Gasteiger partial charge in [-0.25, -0.2) is 9.59 Å². The van der Waals surface area contributed by atoms with E-state index in [0.29, 0.717) is 17.5 Å². The Kier molecular flexibility index (Phi) is 11.2. The lowest BCUT2D eigenvalue weighted by molar-refractivity contribution is -0.193. The molecule has 2 aromatic carbocycles. The Labute approximate surface area is 223 Å². The van der Waals surface area contributed by atoms with Crippen molar-refractivity contribution < 1.29 is 50.9 Å². The zero-order chi connectivity index (χ0) is 29.9. The summed E-state index contributed by atoms with van der Waals surface area (Å²) in [7, 11) is 0. The highest BCUT2D eigenvalue weighted by molar-refractivity contribution is 6.04. The Bertz CT molecular complexity index is 1230. The van der Waals surface area contributed by atoms with Gasteiger partial charge in [-0.05, 0) is 47.9 Å². The maximum Gasteiger partial charge on any atom is 0.490 e. The monoisotopic (exact) mass is 571 g/mol. The molecule has 1 saturated carbocycles. The van der Waals surface area contributed by atoms with Gasteiger partial charge in [-0.1, -0.05) is 36.4 Å². The summed E-state index contributed by atoms with van der Waals surface area (Å²) in [6.45, 7) is 0.847. The van der Waals surface area contributed by atoms with E-state index in [1.807, 2.05) is 54.7 Å². The molecule has 1 heterocycles. The molecule has 0 radical (unpaired) electrons. The second kappa shape index (κ2) is 14.1. The van der Waals surface area contributed by atoms with E-state index in [1.54, 1.807) is 6.20 Å². The van der Waals surface area contributed by atoms with E-state index in [2.05, 4.69) is 33.8 Å². The number of benzene rings is 2. The molecule has 1 fully saturated rings. The third kappa shape index (κ3) is 11.1. The van der Waals surface area contributed by atoms with Crippen LogP contribution in [0.3, 0.4) is 0 Å². The lowest BCUT2D eigenvalue weighted by Gasteiger charge is -2.07. The number of nitrogens with one attached hydrogen (secondary N) is 2. The number of amides is 1. The van der Waals surface area contributed by atoms with E-state index in [0.717, 1.165) is 18.7 Å². The predicted octanol–water partition coefficient (Wildman–Crippen LogP) is 5.25.